The second-order valence-electron chi connectivity index (χ2n) is 3.68. The predicted octanol–water partition coefficient (Wildman–Crippen LogP) is 2.96. The Kier molecular flexibility index (Phi) is 4.83. The van der Waals surface area contributed by atoms with Crippen LogP contribution >= 0.6 is 23.1 Å². The van der Waals surface area contributed by atoms with Gasteiger partial charge in [0.1, 0.15) is 11.6 Å². The minimum absolute atomic E-state index is 0.778. The lowest BCUT2D eigenvalue weighted by atomic mass is 10.2. The first-order valence-electron chi connectivity index (χ1n) is 5.67. The maximum absolute atomic E-state index is 4.42. The molecule has 2 rings (SSSR count). The number of nitrogens with one attached hydrogen (secondary N) is 2. The lowest BCUT2D eigenvalue weighted by Crippen LogP contribution is -2.07. The zero-order valence-electron chi connectivity index (χ0n) is 10.4. The standard InChI is InChI=1S/C12H16N4S2/c1-13-10-7-11(16-12(15-10)17-2)14-5-3-9-4-6-18-8-9/h4,6-8H,3,5H2,1-2H3,(H2,13,14,15,16). The molecule has 2 aromatic rings. The highest BCUT2D eigenvalue weighted by Gasteiger charge is 2.02. The van der Waals surface area contributed by atoms with Crippen LogP contribution in [0.3, 0.4) is 0 Å². The molecule has 0 saturated heterocycles. The van der Waals surface area contributed by atoms with Gasteiger partial charge in [-0.05, 0) is 35.1 Å². The molecule has 0 aliphatic carbocycles. The smallest absolute Gasteiger partial charge is 0.191 e. The van der Waals surface area contributed by atoms with Crippen LogP contribution in [0.4, 0.5) is 11.6 Å². The number of nitrogens with zero attached hydrogens (tertiary/aromatic N) is 2. The number of anilines is 2. The molecule has 0 amide bonds. The number of hydrogen-bond acceptors (Lipinski definition) is 6. The van der Waals surface area contributed by atoms with Crippen molar-refractivity contribution in [2.45, 2.75) is 11.6 Å². The van der Waals surface area contributed by atoms with Crippen molar-refractivity contribution in [3.05, 3.63) is 28.5 Å². The highest BCUT2D eigenvalue weighted by molar-refractivity contribution is 7.98. The Morgan fingerprint density at radius 3 is 2.83 bits per heavy atom. The van der Waals surface area contributed by atoms with Gasteiger partial charge in [0, 0.05) is 19.7 Å². The molecule has 4 nitrogen and oxygen atoms in total. The third-order valence-corrected chi connectivity index (χ3v) is 3.72. The fraction of sp³-hybridized carbons (Fsp3) is 0.333. The summed E-state index contributed by atoms with van der Waals surface area (Å²) in [6.45, 7) is 0.880. The first-order valence-corrected chi connectivity index (χ1v) is 7.84. The molecular formula is C12H16N4S2. The van der Waals surface area contributed by atoms with Crippen molar-refractivity contribution < 1.29 is 0 Å². The molecular weight excluding hydrogens is 264 g/mol. The van der Waals surface area contributed by atoms with Crippen LogP contribution in [0.15, 0.2) is 28.0 Å². The van der Waals surface area contributed by atoms with Gasteiger partial charge in [-0.25, -0.2) is 9.97 Å². The van der Waals surface area contributed by atoms with Crippen LogP contribution in [0, 0.1) is 0 Å². The number of rotatable bonds is 6. The second kappa shape index (κ2) is 6.61. The first-order chi connectivity index (χ1) is 8.81. The minimum atomic E-state index is 0.778. The monoisotopic (exact) mass is 280 g/mol. The average Bonchev–Trinajstić information content (AvgIpc) is 2.91. The Bertz CT molecular complexity index is 463. The van der Waals surface area contributed by atoms with E-state index in [-0.39, 0.29) is 0 Å². The van der Waals surface area contributed by atoms with Gasteiger partial charge in [0.05, 0.1) is 0 Å². The molecule has 0 spiro atoms. The maximum atomic E-state index is 4.42. The summed E-state index contributed by atoms with van der Waals surface area (Å²) in [5.74, 6) is 1.71. The van der Waals surface area contributed by atoms with Crippen LogP contribution in [0.1, 0.15) is 5.56 Å². The second-order valence-corrected chi connectivity index (χ2v) is 5.24. The van der Waals surface area contributed by atoms with E-state index in [9.17, 15) is 0 Å². The lowest BCUT2D eigenvalue weighted by Gasteiger charge is -2.08. The molecule has 0 aromatic carbocycles. The van der Waals surface area contributed by atoms with E-state index in [4.69, 9.17) is 0 Å². The van der Waals surface area contributed by atoms with E-state index in [1.807, 2.05) is 19.4 Å². The molecule has 2 N–H and O–H groups in total. The molecule has 0 radical (unpaired) electrons. The van der Waals surface area contributed by atoms with Gasteiger partial charge in [-0.3, -0.25) is 0 Å². The third-order valence-electron chi connectivity index (χ3n) is 2.44. The molecule has 18 heavy (non-hydrogen) atoms. The fourth-order valence-corrected chi connectivity index (χ4v) is 2.59. The van der Waals surface area contributed by atoms with E-state index in [2.05, 4.69) is 37.4 Å². The summed E-state index contributed by atoms with van der Waals surface area (Å²) >= 11 is 3.27. The molecule has 2 heterocycles. The largest absolute Gasteiger partial charge is 0.373 e. The average molecular weight is 280 g/mol. The molecule has 0 bridgehead atoms. The van der Waals surface area contributed by atoms with Crippen LogP contribution in [0.5, 0.6) is 0 Å². The van der Waals surface area contributed by atoms with Crippen LogP contribution in [-0.2, 0) is 6.42 Å². The predicted molar refractivity (Wildman–Crippen MR) is 79.9 cm³/mol. The minimum Gasteiger partial charge on any atom is -0.373 e. The highest BCUT2D eigenvalue weighted by atomic mass is 32.2. The zero-order valence-corrected chi connectivity index (χ0v) is 12.1. The Morgan fingerprint density at radius 2 is 2.17 bits per heavy atom. The van der Waals surface area contributed by atoms with Crippen molar-refractivity contribution in [3.8, 4) is 0 Å². The van der Waals surface area contributed by atoms with Gasteiger partial charge in [-0.2, -0.15) is 11.3 Å². The Labute approximate surface area is 115 Å². The molecule has 0 fully saturated rings. The molecule has 0 saturated carbocycles. The summed E-state index contributed by atoms with van der Waals surface area (Å²) in [7, 11) is 1.86. The Morgan fingerprint density at radius 1 is 1.33 bits per heavy atom. The summed E-state index contributed by atoms with van der Waals surface area (Å²) in [5.41, 5.74) is 1.36. The molecule has 6 heteroatoms. The van der Waals surface area contributed by atoms with Crippen LogP contribution < -0.4 is 10.6 Å². The van der Waals surface area contributed by atoms with E-state index in [0.717, 1.165) is 29.8 Å². The molecule has 0 unspecified atom stereocenters. The van der Waals surface area contributed by atoms with Crippen molar-refractivity contribution in [2.24, 2.45) is 0 Å². The quantitative estimate of drug-likeness (QED) is 0.629. The van der Waals surface area contributed by atoms with E-state index >= 15 is 0 Å². The Hall–Kier alpha value is -1.27. The van der Waals surface area contributed by atoms with Crippen LogP contribution in [-0.4, -0.2) is 29.8 Å². The summed E-state index contributed by atoms with van der Waals surface area (Å²) in [4.78, 5) is 8.75. The van der Waals surface area contributed by atoms with Crippen molar-refractivity contribution in [2.75, 3.05) is 30.5 Å². The van der Waals surface area contributed by atoms with Crippen molar-refractivity contribution in [1.82, 2.24) is 9.97 Å². The number of thiophene rings is 1. The zero-order chi connectivity index (χ0) is 12.8. The van der Waals surface area contributed by atoms with Gasteiger partial charge < -0.3 is 10.6 Å². The van der Waals surface area contributed by atoms with Crippen LogP contribution in [0.2, 0.25) is 0 Å². The van der Waals surface area contributed by atoms with Crippen molar-refractivity contribution >= 4 is 34.7 Å². The highest BCUT2D eigenvalue weighted by Crippen LogP contribution is 2.17. The van der Waals surface area contributed by atoms with Gasteiger partial charge in [-0.1, -0.05) is 11.8 Å². The number of thioether (sulfide) groups is 1. The van der Waals surface area contributed by atoms with Crippen LogP contribution in [0.25, 0.3) is 0 Å². The molecule has 0 aliphatic heterocycles. The van der Waals surface area contributed by atoms with E-state index in [1.165, 1.54) is 5.56 Å². The molecule has 2 aromatic heterocycles. The van der Waals surface area contributed by atoms with Crippen molar-refractivity contribution in [1.29, 1.82) is 0 Å². The van der Waals surface area contributed by atoms with Gasteiger partial charge in [0.15, 0.2) is 5.16 Å². The maximum Gasteiger partial charge on any atom is 0.191 e. The van der Waals surface area contributed by atoms with Gasteiger partial charge >= 0.3 is 0 Å². The third kappa shape index (κ3) is 3.61. The van der Waals surface area contributed by atoms with Gasteiger partial charge in [0.2, 0.25) is 0 Å². The van der Waals surface area contributed by atoms with E-state index < -0.39 is 0 Å². The number of aromatic nitrogens is 2. The summed E-state index contributed by atoms with van der Waals surface area (Å²) < 4.78 is 0. The van der Waals surface area contributed by atoms with Gasteiger partial charge in [-0.15, -0.1) is 0 Å². The van der Waals surface area contributed by atoms with Crippen molar-refractivity contribution in [3.63, 3.8) is 0 Å². The summed E-state index contributed by atoms with van der Waals surface area (Å²) in [6.07, 6.45) is 2.99. The molecule has 96 valence electrons. The van der Waals surface area contributed by atoms with E-state index in [1.54, 1.807) is 23.1 Å². The fourth-order valence-electron chi connectivity index (χ4n) is 1.50. The molecule has 0 aliphatic rings. The SMILES string of the molecule is CNc1cc(NCCc2ccsc2)nc(SC)n1. The summed E-state index contributed by atoms with van der Waals surface area (Å²) in [6, 6.07) is 4.08. The topological polar surface area (TPSA) is 49.8 Å². The first kappa shape index (κ1) is 13.2. The normalized spacial score (nSPS) is 10.3. The Balaban J connectivity index is 1.95. The molecule has 0 atom stereocenters. The summed E-state index contributed by atoms with van der Waals surface area (Å²) in [5, 5.41) is 11.4. The number of hydrogen-bond donors (Lipinski definition) is 2. The van der Waals surface area contributed by atoms with Gasteiger partial charge in [0.25, 0.3) is 0 Å². The lowest BCUT2D eigenvalue weighted by molar-refractivity contribution is 0.944. The van der Waals surface area contributed by atoms with E-state index in [0.29, 0.717) is 0 Å².